The molecule has 0 saturated carbocycles. The number of methoxy groups -OCH3 is 1. The Morgan fingerprint density at radius 3 is 2.35 bits per heavy atom. The summed E-state index contributed by atoms with van der Waals surface area (Å²) in [4.78, 5) is 29.6. The normalized spacial score (nSPS) is 19.9. The van der Waals surface area contributed by atoms with Crippen LogP contribution >= 0.6 is 11.3 Å². The van der Waals surface area contributed by atoms with E-state index in [1.54, 1.807) is 4.57 Å². The van der Waals surface area contributed by atoms with Crippen molar-refractivity contribution in [3.05, 3.63) is 58.9 Å². The molecule has 2 aromatic carbocycles. The lowest BCUT2D eigenvalue weighted by Crippen LogP contribution is -2.42. The summed E-state index contributed by atoms with van der Waals surface area (Å²) in [5.74, 6) is -0.366. The zero-order chi connectivity index (χ0) is 24.5. The van der Waals surface area contributed by atoms with Crippen molar-refractivity contribution < 1.29 is 22.7 Å². The molecule has 1 aromatic heterocycles. The zero-order valence-electron chi connectivity index (χ0n) is 19.3. The number of esters is 1. The lowest BCUT2D eigenvalue weighted by molar-refractivity contribution is -0.141. The predicted molar refractivity (Wildman–Crippen MR) is 130 cm³/mol. The van der Waals surface area contributed by atoms with Crippen LogP contribution in [0.15, 0.2) is 58.4 Å². The highest BCUT2D eigenvalue weighted by molar-refractivity contribution is 7.89. The number of fused-ring (bicyclic) bond motifs is 1. The molecule has 1 aliphatic rings. The number of thiazole rings is 1. The number of carbonyl (C=O) groups excluding carboxylic acids is 2. The maximum Gasteiger partial charge on any atom is 0.325 e. The molecule has 34 heavy (non-hydrogen) atoms. The van der Waals surface area contributed by atoms with E-state index in [2.05, 4.69) is 18.8 Å². The van der Waals surface area contributed by atoms with Gasteiger partial charge in [0.25, 0.3) is 5.91 Å². The van der Waals surface area contributed by atoms with E-state index in [9.17, 15) is 18.0 Å². The molecule has 1 fully saturated rings. The Bertz CT molecular complexity index is 1380. The Labute approximate surface area is 202 Å². The minimum absolute atomic E-state index is 0.0729. The molecule has 0 N–H and O–H groups in total. The highest BCUT2D eigenvalue weighted by atomic mass is 32.2. The van der Waals surface area contributed by atoms with Crippen LogP contribution in [0.5, 0.6) is 0 Å². The summed E-state index contributed by atoms with van der Waals surface area (Å²) in [5, 5.41) is 0. The molecule has 0 aliphatic carbocycles. The zero-order valence-corrected chi connectivity index (χ0v) is 20.9. The standard InChI is InChI=1S/C24H27N3O5S2/c1-16-12-17(2)14-26(13-16)34(30,31)19-10-8-18(9-11-19)23(29)25-24-27(15-22(28)32-3)20-6-4-5-7-21(20)33-24/h4-11,16-17H,12-15H2,1-3H3. The van der Waals surface area contributed by atoms with E-state index < -0.39 is 21.9 Å². The molecular weight excluding hydrogens is 474 g/mol. The van der Waals surface area contributed by atoms with E-state index in [-0.39, 0.29) is 17.0 Å². The Hall–Kier alpha value is -2.82. The smallest absolute Gasteiger partial charge is 0.325 e. The van der Waals surface area contributed by atoms with E-state index in [1.807, 2.05) is 24.3 Å². The summed E-state index contributed by atoms with van der Waals surface area (Å²) in [5.41, 5.74) is 1.04. The van der Waals surface area contributed by atoms with Crippen molar-refractivity contribution in [2.45, 2.75) is 31.7 Å². The first-order valence-corrected chi connectivity index (χ1v) is 13.3. The molecular formula is C24H27N3O5S2. The monoisotopic (exact) mass is 501 g/mol. The van der Waals surface area contributed by atoms with Crippen LogP contribution < -0.4 is 4.80 Å². The number of piperidine rings is 1. The SMILES string of the molecule is COC(=O)Cn1c(=NC(=O)c2ccc(S(=O)(=O)N3CC(C)CC(C)C3)cc2)sc2ccccc21. The second-order valence-corrected chi connectivity index (χ2v) is 11.7. The van der Waals surface area contributed by atoms with E-state index in [0.717, 1.165) is 16.6 Å². The van der Waals surface area contributed by atoms with Crippen molar-refractivity contribution in [1.29, 1.82) is 0 Å². The highest BCUT2D eigenvalue weighted by Gasteiger charge is 2.31. The van der Waals surface area contributed by atoms with Crippen molar-refractivity contribution >= 4 is 43.5 Å². The average Bonchev–Trinajstić information content (AvgIpc) is 3.15. The number of sulfonamides is 1. The lowest BCUT2D eigenvalue weighted by atomic mass is 9.94. The highest BCUT2D eigenvalue weighted by Crippen LogP contribution is 2.27. The third kappa shape index (κ3) is 4.98. The van der Waals surface area contributed by atoms with Gasteiger partial charge in [0, 0.05) is 18.7 Å². The summed E-state index contributed by atoms with van der Waals surface area (Å²) in [6, 6.07) is 13.3. The number of aromatic nitrogens is 1. The van der Waals surface area contributed by atoms with Crippen LogP contribution in [-0.2, 0) is 26.1 Å². The summed E-state index contributed by atoms with van der Waals surface area (Å²) in [7, 11) is -2.33. The van der Waals surface area contributed by atoms with E-state index >= 15 is 0 Å². The van der Waals surface area contributed by atoms with Gasteiger partial charge in [0.1, 0.15) is 6.54 Å². The van der Waals surface area contributed by atoms with Gasteiger partial charge in [-0.3, -0.25) is 9.59 Å². The minimum Gasteiger partial charge on any atom is -0.468 e. The first kappa shape index (κ1) is 24.3. The number of rotatable bonds is 5. The molecule has 1 aliphatic heterocycles. The Morgan fingerprint density at radius 2 is 1.71 bits per heavy atom. The molecule has 2 unspecified atom stereocenters. The van der Waals surface area contributed by atoms with Gasteiger partial charge in [-0.25, -0.2) is 8.42 Å². The van der Waals surface area contributed by atoms with Crippen LogP contribution in [0.1, 0.15) is 30.6 Å². The minimum atomic E-state index is -3.63. The molecule has 180 valence electrons. The quantitative estimate of drug-likeness (QED) is 0.500. The molecule has 0 radical (unpaired) electrons. The number of ether oxygens (including phenoxy) is 1. The average molecular weight is 502 g/mol. The molecule has 0 spiro atoms. The first-order valence-electron chi connectivity index (χ1n) is 11.0. The molecule has 0 bridgehead atoms. The number of hydrogen-bond donors (Lipinski definition) is 0. The van der Waals surface area contributed by atoms with Gasteiger partial charge in [0.2, 0.25) is 10.0 Å². The number of amides is 1. The second-order valence-electron chi connectivity index (χ2n) is 8.72. The van der Waals surface area contributed by atoms with E-state index in [4.69, 9.17) is 4.74 Å². The first-order chi connectivity index (χ1) is 16.2. The van der Waals surface area contributed by atoms with Crippen molar-refractivity contribution in [3.8, 4) is 0 Å². The molecule has 1 amide bonds. The molecule has 10 heteroatoms. The van der Waals surface area contributed by atoms with Gasteiger partial charge in [-0.15, -0.1) is 0 Å². The Kier molecular flexibility index (Phi) is 7.01. The fourth-order valence-corrected chi connectivity index (χ4v) is 7.03. The molecule has 1 saturated heterocycles. The third-order valence-corrected chi connectivity index (χ3v) is 8.78. The largest absolute Gasteiger partial charge is 0.468 e. The lowest BCUT2D eigenvalue weighted by Gasteiger charge is -2.34. The van der Waals surface area contributed by atoms with E-state index in [0.29, 0.717) is 29.7 Å². The summed E-state index contributed by atoms with van der Waals surface area (Å²) in [6.07, 6.45) is 1.01. The summed E-state index contributed by atoms with van der Waals surface area (Å²) >= 11 is 1.29. The Morgan fingerprint density at radius 1 is 1.06 bits per heavy atom. The van der Waals surface area contributed by atoms with E-state index in [1.165, 1.54) is 47.0 Å². The van der Waals surface area contributed by atoms with Crippen molar-refractivity contribution in [1.82, 2.24) is 8.87 Å². The van der Waals surface area contributed by atoms with Crippen LogP contribution in [0.25, 0.3) is 10.2 Å². The van der Waals surface area contributed by atoms with Crippen LogP contribution in [0.3, 0.4) is 0 Å². The molecule has 2 atom stereocenters. The van der Waals surface area contributed by atoms with Crippen LogP contribution in [-0.4, -0.2) is 49.4 Å². The summed E-state index contributed by atoms with van der Waals surface area (Å²) in [6.45, 7) is 5.03. The van der Waals surface area contributed by atoms with Gasteiger partial charge < -0.3 is 9.30 Å². The van der Waals surface area contributed by atoms with Gasteiger partial charge in [-0.2, -0.15) is 9.30 Å². The van der Waals surface area contributed by atoms with Gasteiger partial charge >= 0.3 is 5.97 Å². The second kappa shape index (κ2) is 9.81. The van der Waals surface area contributed by atoms with Crippen molar-refractivity contribution in [2.75, 3.05) is 20.2 Å². The topological polar surface area (TPSA) is 98.0 Å². The number of nitrogens with zero attached hydrogens (tertiary/aromatic N) is 3. The van der Waals surface area contributed by atoms with Crippen molar-refractivity contribution in [3.63, 3.8) is 0 Å². The fraction of sp³-hybridized carbons (Fsp3) is 0.375. The fourth-order valence-electron chi connectivity index (χ4n) is 4.32. The molecule has 4 rings (SSSR count). The van der Waals surface area contributed by atoms with Gasteiger partial charge in [-0.05, 0) is 54.7 Å². The number of hydrogen-bond acceptors (Lipinski definition) is 6. The molecule has 2 heterocycles. The molecule has 8 nitrogen and oxygen atoms in total. The van der Waals surface area contributed by atoms with Crippen LogP contribution in [0.4, 0.5) is 0 Å². The van der Waals surface area contributed by atoms with Crippen LogP contribution in [0, 0.1) is 11.8 Å². The maximum absolute atomic E-state index is 13.1. The van der Waals surface area contributed by atoms with Gasteiger partial charge in [0.15, 0.2) is 4.80 Å². The van der Waals surface area contributed by atoms with Gasteiger partial charge in [-0.1, -0.05) is 37.3 Å². The number of carbonyl (C=O) groups is 2. The van der Waals surface area contributed by atoms with Gasteiger partial charge in [0.05, 0.1) is 22.2 Å². The van der Waals surface area contributed by atoms with Crippen LogP contribution in [0.2, 0.25) is 0 Å². The molecule has 3 aromatic rings. The number of para-hydroxylation sites is 1. The third-order valence-electron chi connectivity index (χ3n) is 5.87. The predicted octanol–water partition coefficient (Wildman–Crippen LogP) is 3.28. The Balaban J connectivity index is 1.63. The van der Waals surface area contributed by atoms with Crippen molar-refractivity contribution in [2.24, 2.45) is 16.8 Å². The number of benzene rings is 2. The maximum atomic E-state index is 13.1. The summed E-state index contributed by atoms with van der Waals surface area (Å²) < 4.78 is 35.0.